The molecule has 4 rings (SSSR count). The number of anilines is 1. The summed E-state index contributed by atoms with van der Waals surface area (Å²) in [5, 5.41) is 10.8. The van der Waals surface area contributed by atoms with Gasteiger partial charge in [0.05, 0.1) is 16.0 Å². The third-order valence-electron chi connectivity index (χ3n) is 4.22. The number of amides is 1. The highest BCUT2D eigenvalue weighted by Crippen LogP contribution is 2.31. The first kappa shape index (κ1) is 21.3. The van der Waals surface area contributed by atoms with Crippen LogP contribution in [0.3, 0.4) is 0 Å². The van der Waals surface area contributed by atoms with E-state index in [4.69, 9.17) is 0 Å². The van der Waals surface area contributed by atoms with Crippen LogP contribution in [0.1, 0.15) is 5.56 Å². The number of carbonyl (C=O) groups is 1. The maximum absolute atomic E-state index is 12.5. The molecular weight excluding hydrogens is 447 g/mol. The van der Waals surface area contributed by atoms with E-state index in [2.05, 4.69) is 26.6 Å². The number of aryl methyl sites for hydroxylation is 1. The number of nitrogens with one attached hydrogen (secondary N) is 1. The molecule has 0 aliphatic carbocycles. The van der Waals surface area contributed by atoms with E-state index in [1.807, 2.05) is 31.2 Å². The molecule has 2 aromatic carbocycles. The molecule has 0 unspecified atom stereocenters. The number of hydrogen-bond donors (Lipinski definition) is 1. The maximum Gasteiger partial charge on any atom is 0.406 e. The molecule has 0 fully saturated rings. The first-order valence-electron chi connectivity index (χ1n) is 9.12. The largest absolute Gasteiger partial charge is 0.406 e. The molecule has 0 spiro atoms. The van der Waals surface area contributed by atoms with E-state index in [1.54, 1.807) is 23.5 Å². The summed E-state index contributed by atoms with van der Waals surface area (Å²) < 4.78 is 39.6. The van der Waals surface area contributed by atoms with Crippen molar-refractivity contribution in [3.05, 3.63) is 54.4 Å². The minimum Gasteiger partial charge on any atom is -0.325 e. The predicted octanol–water partition coefficient (Wildman–Crippen LogP) is 5.16. The number of thioether (sulfide) groups is 1. The number of rotatable bonds is 6. The average Bonchev–Trinajstić information content (AvgIpc) is 3.32. The SMILES string of the molecule is Cc1ccc2nc(-c3ccc(NC(=O)CSc4nncn4CC(F)(F)F)cc3)sc2c1. The Balaban J connectivity index is 1.36. The number of halogens is 3. The van der Waals surface area contributed by atoms with Crippen LogP contribution < -0.4 is 5.32 Å². The predicted molar refractivity (Wildman–Crippen MR) is 115 cm³/mol. The molecule has 0 saturated carbocycles. The van der Waals surface area contributed by atoms with Gasteiger partial charge in [0.2, 0.25) is 5.91 Å². The number of fused-ring (bicyclic) bond motifs is 1. The number of aromatic nitrogens is 4. The van der Waals surface area contributed by atoms with Crippen LogP contribution in [0.2, 0.25) is 0 Å². The second kappa shape index (κ2) is 8.67. The number of carbonyl (C=O) groups excluding carboxylic acids is 1. The second-order valence-corrected chi connectivity index (χ2v) is 8.73. The molecule has 2 heterocycles. The second-order valence-electron chi connectivity index (χ2n) is 6.76. The molecule has 1 N–H and O–H groups in total. The summed E-state index contributed by atoms with van der Waals surface area (Å²) in [6.07, 6.45) is -3.39. The van der Waals surface area contributed by atoms with Gasteiger partial charge in [-0.25, -0.2) is 4.98 Å². The van der Waals surface area contributed by atoms with Gasteiger partial charge in [0, 0.05) is 11.3 Å². The summed E-state index contributed by atoms with van der Waals surface area (Å²) in [4.78, 5) is 16.8. The molecular formula is C20H16F3N5OS2. The van der Waals surface area contributed by atoms with Crippen LogP contribution in [0.5, 0.6) is 0 Å². The summed E-state index contributed by atoms with van der Waals surface area (Å²) >= 11 is 2.49. The van der Waals surface area contributed by atoms with Crippen molar-refractivity contribution in [2.75, 3.05) is 11.1 Å². The van der Waals surface area contributed by atoms with Gasteiger partial charge in [-0.15, -0.1) is 21.5 Å². The van der Waals surface area contributed by atoms with Crippen LogP contribution in [0, 0.1) is 6.92 Å². The number of alkyl halides is 3. The van der Waals surface area contributed by atoms with E-state index in [9.17, 15) is 18.0 Å². The Morgan fingerprint density at radius 2 is 1.97 bits per heavy atom. The molecule has 31 heavy (non-hydrogen) atoms. The zero-order chi connectivity index (χ0) is 22.0. The average molecular weight is 464 g/mol. The zero-order valence-corrected chi connectivity index (χ0v) is 17.8. The molecule has 2 aromatic heterocycles. The molecule has 0 atom stereocenters. The standard InChI is InChI=1S/C20H16F3N5OS2/c1-12-2-7-15-16(8-12)31-18(26-15)13-3-5-14(6-4-13)25-17(29)9-30-19-27-24-11-28(19)10-20(21,22)23/h2-8,11H,9-10H2,1H3,(H,25,29). The fourth-order valence-electron chi connectivity index (χ4n) is 2.84. The van der Waals surface area contributed by atoms with Gasteiger partial charge in [0.1, 0.15) is 17.9 Å². The van der Waals surface area contributed by atoms with Crippen molar-refractivity contribution in [1.82, 2.24) is 19.7 Å². The van der Waals surface area contributed by atoms with E-state index in [0.29, 0.717) is 5.69 Å². The quantitative estimate of drug-likeness (QED) is 0.400. The fourth-order valence-corrected chi connectivity index (χ4v) is 4.62. The van der Waals surface area contributed by atoms with Crippen LogP contribution in [0.4, 0.5) is 18.9 Å². The van der Waals surface area contributed by atoms with Crippen molar-refractivity contribution < 1.29 is 18.0 Å². The number of hydrogen-bond acceptors (Lipinski definition) is 6. The van der Waals surface area contributed by atoms with Gasteiger partial charge in [-0.3, -0.25) is 9.36 Å². The topological polar surface area (TPSA) is 72.7 Å². The van der Waals surface area contributed by atoms with Crippen LogP contribution >= 0.6 is 23.1 Å². The van der Waals surface area contributed by atoms with Crippen molar-refractivity contribution >= 4 is 44.9 Å². The molecule has 1 amide bonds. The third-order valence-corrected chi connectivity index (χ3v) is 6.27. The first-order valence-corrected chi connectivity index (χ1v) is 10.9. The molecule has 0 aliphatic heterocycles. The zero-order valence-electron chi connectivity index (χ0n) is 16.2. The van der Waals surface area contributed by atoms with Crippen molar-refractivity contribution in [2.45, 2.75) is 24.8 Å². The summed E-state index contributed by atoms with van der Waals surface area (Å²) in [7, 11) is 0. The molecule has 0 saturated heterocycles. The minimum atomic E-state index is -4.39. The Morgan fingerprint density at radius 3 is 2.71 bits per heavy atom. The maximum atomic E-state index is 12.5. The minimum absolute atomic E-state index is 0.0360. The molecule has 6 nitrogen and oxygen atoms in total. The van der Waals surface area contributed by atoms with Gasteiger partial charge >= 0.3 is 6.18 Å². The van der Waals surface area contributed by atoms with E-state index in [0.717, 1.165) is 43.4 Å². The lowest BCUT2D eigenvalue weighted by atomic mass is 10.2. The third kappa shape index (κ3) is 5.42. The van der Waals surface area contributed by atoms with Crippen LogP contribution in [-0.4, -0.2) is 37.6 Å². The Bertz CT molecular complexity index is 1220. The van der Waals surface area contributed by atoms with Crippen molar-refractivity contribution in [3.8, 4) is 10.6 Å². The van der Waals surface area contributed by atoms with Crippen molar-refractivity contribution in [1.29, 1.82) is 0 Å². The molecule has 11 heteroatoms. The van der Waals surface area contributed by atoms with E-state index >= 15 is 0 Å². The van der Waals surface area contributed by atoms with Gasteiger partial charge in [0.15, 0.2) is 5.16 Å². The molecule has 0 aliphatic rings. The van der Waals surface area contributed by atoms with Gasteiger partial charge in [-0.2, -0.15) is 13.2 Å². The van der Waals surface area contributed by atoms with Gasteiger partial charge < -0.3 is 5.32 Å². The van der Waals surface area contributed by atoms with E-state index < -0.39 is 12.7 Å². The summed E-state index contributed by atoms with van der Waals surface area (Å²) in [6, 6.07) is 13.4. The Kier molecular flexibility index (Phi) is 5.96. The Hall–Kier alpha value is -2.92. The smallest absolute Gasteiger partial charge is 0.325 e. The lowest BCUT2D eigenvalue weighted by molar-refractivity contribution is -0.142. The molecule has 4 aromatic rings. The van der Waals surface area contributed by atoms with Crippen LogP contribution in [0.25, 0.3) is 20.8 Å². The molecule has 0 radical (unpaired) electrons. The van der Waals surface area contributed by atoms with Gasteiger partial charge in [0.25, 0.3) is 0 Å². The number of benzene rings is 2. The first-order chi connectivity index (χ1) is 14.8. The normalized spacial score (nSPS) is 11.7. The van der Waals surface area contributed by atoms with Gasteiger partial charge in [-0.05, 0) is 48.9 Å². The highest BCUT2D eigenvalue weighted by molar-refractivity contribution is 7.99. The highest BCUT2D eigenvalue weighted by Gasteiger charge is 2.29. The summed E-state index contributed by atoms with van der Waals surface area (Å²) in [6.45, 7) is 0.839. The van der Waals surface area contributed by atoms with E-state index in [-0.39, 0.29) is 16.8 Å². The van der Waals surface area contributed by atoms with Gasteiger partial charge in [-0.1, -0.05) is 17.8 Å². The number of nitrogens with zero attached hydrogens (tertiary/aromatic N) is 4. The fraction of sp³-hybridized carbons (Fsp3) is 0.200. The Morgan fingerprint density at radius 1 is 1.19 bits per heavy atom. The Labute approximate surface area is 183 Å². The highest BCUT2D eigenvalue weighted by atomic mass is 32.2. The van der Waals surface area contributed by atoms with Crippen molar-refractivity contribution in [3.63, 3.8) is 0 Å². The van der Waals surface area contributed by atoms with Crippen LogP contribution in [-0.2, 0) is 11.3 Å². The molecule has 160 valence electrons. The summed E-state index contributed by atoms with van der Waals surface area (Å²) in [5.74, 6) is -0.440. The van der Waals surface area contributed by atoms with Crippen LogP contribution in [0.15, 0.2) is 53.9 Å². The number of thiazole rings is 1. The monoisotopic (exact) mass is 463 g/mol. The van der Waals surface area contributed by atoms with Crippen molar-refractivity contribution in [2.24, 2.45) is 0 Å². The molecule has 0 bridgehead atoms. The lowest BCUT2D eigenvalue weighted by Crippen LogP contribution is -2.18. The summed E-state index contributed by atoms with van der Waals surface area (Å²) in [5.41, 5.74) is 3.64. The lowest BCUT2D eigenvalue weighted by Gasteiger charge is -2.09. The van der Waals surface area contributed by atoms with E-state index in [1.165, 1.54) is 5.56 Å².